The summed E-state index contributed by atoms with van der Waals surface area (Å²) in [6, 6.07) is 28.7. The van der Waals surface area contributed by atoms with E-state index < -0.39 is 0 Å². The van der Waals surface area contributed by atoms with Crippen molar-refractivity contribution in [3.05, 3.63) is 84.9 Å². The molecule has 6 N–H and O–H groups in total. The third-order valence-electron chi connectivity index (χ3n) is 5.20. The van der Waals surface area contributed by atoms with Gasteiger partial charge in [-0.1, -0.05) is 42.5 Å². The van der Waals surface area contributed by atoms with Gasteiger partial charge in [0.2, 0.25) is 0 Å². The van der Waals surface area contributed by atoms with E-state index >= 15 is 0 Å². The lowest BCUT2D eigenvalue weighted by Gasteiger charge is -2.12. The van der Waals surface area contributed by atoms with E-state index in [1.54, 1.807) is 12.1 Å². The molecule has 0 atom stereocenters. The summed E-state index contributed by atoms with van der Waals surface area (Å²) < 4.78 is 2.28. The normalized spacial score (nSPS) is 11.3. The number of nitrogen functional groups attached to an aromatic ring is 3. The number of hydrogen-bond donors (Lipinski definition) is 3. The Kier molecular flexibility index (Phi) is 3.52. The van der Waals surface area contributed by atoms with Crippen molar-refractivity contribution in [2.75, 3.05) is 17.2 Å². The van der Waals surface area contributed by atoms with E-state index in [4.69, 9.17) is 17.2 Å². The number of anilines is 3. The average molecular weight is 364 g/mol. The van der Waals surface area contributed by atoms with Gasteiger partial charge < -0.3 is 21.8 Å². The van der Waals surface area contributed by atoms with Crippen LogP contribution >= 0.6 is 0 Å². The number of aromatic nitrogens is 1. The molecule has 0 bridgehead atoms. The fourth-order valence-electron chi connectivity index (χ4n) is 4.03. The molecule has 5 rings (SSSR count). The molecular weight excluding hydrogens is 344 g/mol. The number of hydrogen-bond acceptors (Lipinski definition) is 3. The molecule has 4 nitrogen and oxygen atoms in total. The van der Waals surface area contributed by atoms with Crippen molar-refractivity contribution in [1.29, 1.82) is 0 Å². The molecule has 136 valence electrons. The molecule has 0 aliphatic carbocycles. The van der Waals surface area contributed by atoms with Crippen molar-refractivity contribution >= 4 is 38.9 Å². The highest BCUT2D eigenvalue weighted by molar-refractivity contribution is 6.11. The van der Waals surface area contributed by atoms with Gasteiger partial charge in [-0.05, 0) is 48.0 Å². The summed E-state index contributed by atoms with van der Waals surface area (Å²) in [5.41, 5.74) is 25.4. The highest BCUT2D eigenvalue weighted by atomic mass is 15.0. The van der Waals surface area contributed by atoms with Crippen molar-refractivity contribution in [3.8, 4) is 16.8 Å². The lowest BCUT2D eigenvalue weighted by atomic mass is 9.99. The van der Waals surface area contributed by atoms with Gasteiger partial charge in [0.05, 0.1) is 11.0 Å². The van der Waals surface area contributed by atoms with Gasteiger partial charge in [0.25, 0.3) is 0 Å². The molecule has 0 aliphatic heterocycles. The zero-order valence-corrected chi connectivity index (χ0v) is 15.3. The van der Waals surface area contributed by atoms with Gasteiger partial charge in [-0.25, -0.2) is 0 Å². The Labute approximate surface area is 162 Å². The summed E-state index contributed by atoms with van der Waals surface area (Å²) in [6.45, 7) is 0. The molecule has 4 heteroatoms. The molecule has 0 saturated heterocycles. The smallest absolute Gasteiger partial charge is 0.0541 e. The monoisotopic (exact) mass is 364 g/mol. The van der Waals surface area contributed by atoms with Crippen LogP contribution in [0.25, 0.3) is 38.6 Å². The lowest BCUT2D eigenvalue weighted by Crippen LogP contribution is -1.99. The Morgan fingerprint density at radius 3 is 1.96 bits per heavy atom. The first kappa shape index (κ1) is 16.3. The zero-order valence-electron chi connectivity index (χ0n) is 15.3. The van der Waals surface area contributed by atoms with E-state index in [0.717, 1.165) is 27.7 Å². The van der Waals surface area contributed by atoms with E-state index in [1.807, 2.05) is 6.07 Å². The Morgan fingerprint density at radius 2 is 1.21 bits per heavy atom. The molecular formula is C24H20N4. The predicted molar refractivity (Wildman–Crippen MR) is 119 cm³/mol. The maximum Gasteiger partial charge on any atom is 0.0541 e. The third-order valence-corrected chi connectivity index (χ3v) is 5.20. The molecule has 0 amide bonds. The van der Waals surface area contributed by atoms with Crippen LogP contribution in [0.4, 0.5) is 17.1 Å². The number of rotatable bonds is 2. The number of fused-ring (bicyclic) bond motifs is 3. The molecule has 28 heavy (non-hydrogen) atoms. The molecule has 1 aromatic heterocycles. The molecule has 0 radical (unpaired) electrons. The summed E-state index contributed by atoms with van der Waals surface area (Å²) in [7, 11) is 0. The molecule has 0 aliphatic rings. The third kappa shape index (κ3) is 2.39. The lowest BCUT2D eigenvalue weighted by molar-refractivity contribution is 1.18. The second kappa shape index (κ2) is 6.06. The first-order valence-corrected chi connectivity index (χ1v) is 9.17. The highest BCUT2D eigenvalue weighted by Crippen LogP contribution is 2.38. The van der Waals surface area contributed by atoms with Crippen molar-refractivity contribution in [1.82, 2.24) is 4.57 Å². The van der Waals surface area contributed by atoms with E-state index in [1.165, 1.54) is 10.9 Å². The first-order chi connectivity index (χ1) is 13.6. The van der Waals surface area contributed by atoms with Crippen molar-refractivity contribution < 1.29 is 0 Å². The minimum atomic E-state index is 0.570. The second-order valence-corrected chi connectivity index (χ2v) is 6.99. The highest BCUT2D eigenvalue weighted by Gasteiger charge is 2.15. The van der Waals surface area contributed by atoms with E-state index in [0.29, 0.717) is 17.1 Å². The molecule has 0 saturated carbocycles. The number of benzene rings is 4. The van der Waals surface area contributed by atoms with Gasteiger partial charge in [0, 0.05) is 39.1 Å². The summed E-state index contributed by atoms with van der Waals surface area (Å²) in [4.78, 5) is 0. The topological polar surface area (TPSA) is 83.0 Å². The Bertz CT molecular complexity index is 1310. The van der Waals surface area contributed by atoms with Gasteiger partial charge >= 0.3 is 0 Å². The standard InChI is InChI=1S/C24H20N4/c25-16-13-20(26)24(21(27)14-16)15-10-11-23-19(12-15)18-8-4-5-9-22(18)28(23)17-6-2-1-3-7-17/h1-14H,25-27H2. The van der Waals surface area contributed by atoms with Gasteiger partial charge in [-0.2, -0.15) is 0 Å². The van der Waals surface area contributed by atoms with E-state index in [-0.39, 0.29) is 0 Å². The maximum absolute atomic E-state index is 6.24. The van der Waals surface area contributed by atoms with Crippen LogP contribution in [0.3, 0.4) is 0 Å². The van der Waals surface area contributed by atoms with Crippen LogP contribution in [-0.2, 0) is 0 Å². The molecule has 1 heterocycles. The summed E-state index contributed by atoms with van der Waals surface area (Å²) in [5, 5.41) is 2.35. The first-order valence-electron chi connectivity index (χ1n) is 9.17. The van der Waals surface area contributed by atoms with Crippen LogP contribution in [-0.4, -0.2) is 4.57 Å². The number of nitrogens with zero attached hydrogens (tertiary/aromatic N) is 1. The molecule has 5 aromatic rings. The van der Waals surface area contributed by atoms with Gasteiger partial charge in [0.1, 0.15) is 0 Å². The Hall–Kier alpha value is -3.92. The van der Waals surface area contributed by atoms with Crippen molar-refractivity contribution in [2.24, 2.45) is 0 Å². The summed E-state index contributed by atoms with van der Waals surface area (Å²) in [6.07, 6.45) is 0. The second-order valence-electron chi connectivity index (χ2n) is 6.99. The SMILES string of the molecule is Nc1cc(N)c(-c2ccc3c(c2)c2ccccc2n3-c2ccccc2)c(N)c1. The van der Waals surface area contributed by atoms with Gasteiger partial charge in [-0.3, -0.25) is 0 Å². The predicted octanol–water partition coefficient (Wildman–Crippen LogP) is 5.20. The minimum absolute atomic E-state index is 0.570. The van der Waals surface area contributed by atoms with Crippen LogP contribution in [0.5, 0.6) is 0 Å². The number of nitrogens with two attached hydrogens (primary N) is 3. The van der Waals surface area contributed by atoms with Crippen LogP contribution in [0.1, 0.15) is 0 Å². The summed E-state index contributed by atoms with van der Waals surface area (Å²) in [5.74, 6) is 0. The van der Waals surface area contributed by atoms with Crippen LogP contribution in [0, 0.1) is 0 Å². The largest absolute Gasteiger partial charge is 0.399 e. The van der Waals surface area contributed by atoms with E-state index in [2.05, 4.69) is 71.3 Å². The molecule has 0 spiro atoms. The number of para-hydroxylation sites is 2. The van der Waals surface area contributed by atoms with Gasteiger partial charge in [0.15, 0.2) is 0 Å². The van der Waals surface area contributed by atoms with Crippen LogP contribution < -0.4 is 17.2 Å². The quantitative estimate of drug-likeness (QED) is 0.377. The fourth-order valence-corrected chi connectivity index (χ4v) is 4.03. The molecule has 0 unspecified atom stereocenters. The molecule has 4 aromatic carbocycles. The summed E-state index contributed by atoms with van der Waals surface area (Å²) >= 11 is 0. The molecule has 0 fully saturated rings. The average Bonchev–Trinajstić information content (AvgIpc) is 3.02. The van der Waals surface area contributed by atoms with Gasteiger partial charge in [-0.15, -0.1) is 0 Å². The zero-order chi connectivity index (χ0) is 19.3. The van der Waals surface area contributed by atoms with Crippen LogP contribution in [0.2, 0.25) is 0 Å². The maximum atomic E-state index is 6.24. The Morgan fingerprint density at radius 1 is 0.571 bits per heavy atom. The van der Waals surface area contributed by atoms with Crippen LogP contribution in [0.15, 0.2) is 84.9 Å². The fraction of sp³-hybridized carbons (Fsp3) is 0. The Balaban J connectivity index is 1.84. The van der Waals surface area contributed by atoms with E-state index in [9.17, 15) is 0 Å². The minimum Gasteiger partial charge on any atom is -0.399 e. The van der Waals surface area contributed by atoms with Crippen molar-refractivity contribution in [3.63, 3.8) is 0 Å². The van der Waals surface area contributed by atoms with Crippen molar-refractivity contribution in [2.45, 2.75) is 0 Å².